The third-order valence-electron chi connectivity index (χ3n) is 7.71. The topological polar surface area (TPSA) is 182 Å². The van der Waals surface area contributed by atoms with Gasteiger partial charge in [-0.3, -0.25) is 19.2 Å². The lowest BCUT2D eigenvalue weighted by Gasteiger charge is -2.27. The summed E-state index contributed by atoms with van der Waals surface area (Å²) < 4.78 is 0. The summed E-state index contributed by atoms with van der Waals surface area (Å²) >= 11 is 0. The zero-order valence-electron chi connectivity index (χ0n) is 23.9. The maximum atomic E-state index is 13.7. The number of carbonyl (C=O) groups excluding carboxylic acids is 3. The minimum Gasteiger partial charge on any atom is -0.480 e. The number of hydrogen-bond acceptors (Lipinski definition) is 5. The zero-order chi connectivity index (χ0) is 30.4. The highest BCUT2D eigenvalue weighted by Gasteiger charge is 2.32. The van der Waals surface area contributed by atoms with E-state index in [4.69, 9.17) is 5.73 Å². The largest absolute Gasteiger partial charge is 0.480 e. The first-order chi connectivity index (χ1) is 20.1. The number of nitrogens with two attached hydrogens (primary N) is 1. The lowest BCUT2D eigenvalue weighted by molar-refractivity contribution is -0.142. The number of fused-ring (bicyclic) bond motifs is 2. The summed E-state index contributed by atoms with van der Waals surface area (Å²) in [5.74, 6) is -3.18. The second kappa shape index (κ2) is 13.3. The van der Waals surface area contributed by atoms with E-state index < -0.39 is 47.9 Å². The van der Waals surface area contributed by atoms with Crippen molar-refractivity contribution < 1.29 is 24.3 Å². The van der Waals surface area contributed by atoms with E-state index in [-0.39, 0.29) is 18.8 Å². The van der Waals surface area contributed by atoms with Crippen molar-refractivity contribution in [1.29, 1.82) is 0 Å². The standard InChI is InChI=1S/C31H38N6O5/c1-4-17(2)27(30(40)35-18(3)31(41)42)37-29(39)26(14-20-16-34-25-12-8-6-10-22(20)25)36-28(38)23(32)13-19-15-33-24-11-7-5-9-21(19)24/h5-12,15-18,23,26-27,33-34H,4,13-14,32H2,1-3H3,(H,35,40)(H,36,38)(H,37,39)(H,41,42). The highest BCUT2D eigenvalue weighted by atomic mass is 16.4. The molecule has 0 saturated carbocycles. The summed E-state index contributed by atoms with van der Waals surface area (Å²) in [7, 11) is 0. The van der Waals surface area contributed by atoms with E-state index in [0.29, 0.717) is 6.42 Å². The SMILES string of the molecule is CCC(C)C(NC(=O)C(Cc1c[nH]c2ccccc12)NC(=O)C(N)Cc1c[nH]c2ccccc12)C(=O)NC(C)C(=O)O. The summed E-state index contributed by atoms with van der Waals surface area (Å²) in [4.78, 5) is 57.8. The van der Waals surface area contributed by atoms with E-state index in [9.17, 15) is 24.3 Å². The van der Waals surface area contributed by atoms with Crippen LogP contribution in [0.1, 0.15) is 38.3 Å². The third-order valence-corrected chi connectivity index (χ3v) is 7.71. The van der Waals surface area contributed by atoms with E-state index in [1.54, 1.807) is 13.1 Å². The van der Waals surface area contributed by atoms with E-state index in [1.165, 1.54) is 6.92 Å². The van der Waals surface area contributed by atoms with Crippen LogP contribution in [0.3, 0.4) is 0 Å². The molecule has 0 fully saturated rings. The van der Waals surface area contributed by atoms with Crippen molar-refractivity contribution in [2.24, 2.45) is 11.7 Å². The molecule has 0 radical (unpaired) electrons. The lowest BCUT2D eigenvalue weighted by Crippen LogP contribution is -2.59. The Balaban J connectivity index is 1.56. The van der Waals surface area contributed by atoms with Crippen molar-refractivity contribution >= 4 is 45.5 Å². The van der Waals surface area contributed by atoms with Crippen molar-refractivity contribution in [1.82, 2.24) is 25.9 Å². The Kier molecular flexibility index (Phi) is 9.64. The van der Waals surface area contributed by atoms with Gasteiger partial charge in [-0.2, -0.15) is 0 Å². The van der Waals surface area contributed by atoms with E-state index in [2.05, 4.69) is 25.9 Å². The van der Waals surface area contributed by atoms with Gasteiger partial charge in [0.25, 0.3) is 0 Å². The fourth-order valence-electron chi connectivity index (χ4n) is 4.96. The van der Waals surface area contributed by atoms with Crippen molar-refractivity contribution in [2.75, 3.05) is 0 Å². The van der Waals surface area contributed by atoms with Crippen LogP contribution in [0.2, 0.25) is 0 Å². The number of aliphatic carboxylic acids is 1. The van der Waals surface area contributed by atoms with Crippen LogP contribution < -0.4 is 21.7 Å². The molecule has 42 heavy (non-hydrogen) atoms. The fraction of sp³-hybridized carbons (Fsp3) is 0.355. The first kappa shape index (κ1) is 30.3. The Bertz CT molecular complexity index is 1580. The van der Waals surface area contributed by atoms with Gasteiger partial charge in [-0.25, -0.2) is 0 Å². The number of aromatic nitrogens is 2. The summed E-state index contributed by atoms with van der Waals surface area (Å²) in [6.45, 7) is 5.01. The monoisotopic (exact) mass is 574 g/mol. The lowest BCUT2D eigenvalue weighted by atomic mass is 9.96. The molecule has 3 amide bonds. The van der Waals surface area contributed by atoms with Gasteiger partial charge in [-0.15, -0.1) is 0 Å². The minimum atomic E-state index is -1.19. The van der Waals surface area contributed by atoms with Gasteiger partial charge in [0.1, 0.15) is 18.1 Å². The number of carbonyl (C=O) groups is 4. The number of aromatic amines is 2. The van der Waals surface area contributed by atoms with Gasteiger partial charge in [-0.05, 0) is 42.5 Å². The van der Waals surface area contributed by atoms with E-state index >= 15 is 0 Å². The van der Waals surface area contributed by atoms with Crippen molar-refractivity contribution in [3.8, 4) is 0 Å². The molecule has 5 atom stereocenters. The number of carboxylic acid groups (broad SMARTS) is 1. The molecule has 2 heterocycles. The molecule has 11 nitrogen and oxygen atoms in total. The second-order valence-corrected chi connectivity index (χ2v) is 10.7. The van der Waals surface area contributed by atoms with Gasteiger partial charge in [0.05, 0.1) is 6.04 Å². The van der Waals surface area contributed by atoms with Crippen LogP contribution in [0.4, 0.5) is 0 Å². The van der Waals surface area contributed by atoms with Crippen LogP contribution in [0.15, 0.2) is 60.9 Å². The molecule has 8 N–H and O–H groups in total. The molecular formula is C31H38N6O5. The molecule has 0 spiro atoms. The fourth-order valence-corrected chi connectivity index (χ4v) is 4.96. The number of carboxylic acids is 1. The Morgan fingerprint density at radius 1 is 0.786 bits per heavy atom. The van der Waals surface area contributed by atoms with Gasteiger partial charge in [0.15, 0.2) is 0 Å². The summed E-state index contributed by atoms with van der Waals surface area (Å²) in [6, 6.07) is 11.2. The zero-order valence-corrected chi connectivity index (χ0v) is 23.9. The highest BCUT2D eigenvalue weighted by Crippen LogP contribution is 2.21. The van der Waals surface area contributed by atoms with Crippen molar-refractivity contribution in [3.05, 3.63) is 72.1 Å². The van der Waals surface area contributed by atoms with Crippen LogP contribution in [-0.4, -0.2) is 62.9 Å². The van der Waals surface area contributed by atoms with Gasteiger partial charge in [0, 0.05) is 40.6 Å². The molecule has 5 unspecified atom stereocenters. The predicted octanol–water partition coefficient (Wildman–Crippen LogP) is 2.37. The third kappa shape index (κ3) is 6.98. The van der Waals surface area contributed by atoms with Crippen LogP contribution in [0.25, 0.3) is 21.8 Å². The highest BCUT2D eigenvalue weighted by molar-refractivity contribution is 5.95. The summed E-state index contributed by atoms with van der Waals surface area (Å²) in [6.07, 6.45) is 4.55. The second-order valence-electron chi connectivity index (χ2n) is 10.7. The molecule has 4 aromatic rings. The molecule has 0 saturated heterocycles. The molecule has 11 heteroatoms. The summed E-state index contributed by atoms with van der Waals surface area (Å²) in [5.41, 5.74) is 9.83. The Hall–Kier alpha value is -4.64. The molecular weight excluding hydrogens is 536 g/mol. The number of nitrogens with one attached hydrogen (secondary N) is 5. The Labute approximate surface area is 243 Å². The number of benzene rings is 2. The van der Waals surface area contributed by atoms with Gasteiger partial charge in [0.2, 0.25) is 17.7 Å². The molecule has 0 bridgehead atoms. The molecule has 2 aromatic carbocycles. The normalized spacial score (nSPS) is 15.0. The number of H-pyrrole nitrogens is 2. The quantitative estimate of drug-likeness (QED) is 0.129. The maximum absolute atomic E-state index is 13.7. The summed E-state index contributed by atoms with van der Waals surface area (Å²) in [5, 5.41) is 19.1. The first-order valence-corrected chi connectivity index (χ1v) is 14.1. The molecule has 222 valence electrons. The van der Waals surface area contributed by atoms with Gasteiger partial charge < -0.3 is 36.8 Å². The van der Waals surface area contributed by atoms with Crippen LogP contribution in [0, 0.1) is 5.92 Å². The number of amides is 3. The minimum absolute atomic E-state index is 0.141. The first-order valence-electron chi connectivity index (χ1n) is 14.1. The average Bonchev–Trinajstić information content (AvgIpc) is 3.58. The molecule has 0 aliphatic rings. The molecule has 0 aliphatic carbocycles. The smallest absolute Gasteiger partial charge is 0.325 e. The molecule has 0 aliphatic heterocycles. The van der Waals surface area contributed by atoms with Crippen molar-refractivity contribution in [2.45, 2.75) is 64.2 Å². The molecule has 2 aromatic heterocycles. The van der Waals surface area contributed by atoms with Crippen molar-refractivity contribution in [3.63, 3.8) is 0 Å². The van der Waals surface area contributed by atoms with Gasteiger partial charge in [-0.1, -0.05) is 56.7 Å². The van der Waals surface area contributed by atoms with Crippen LogP contribution in [-0.2, 0) is 32.0 Å². The molecule has 4 rings (SSSR count). The number of hydrogen-bond donors (Lipinski definition) is 7. The van der Waals surface area contributed by atoms with Crippen LogP contribution >= 0.6 is 0 Å². The maximum Gasteiger partial charge on any atom is 0.325 e. The van der Waals surface area contributed by atoms with Gasteiger partial charge >= 0.3 is 5.97 Å². The number of para-hydroxylation sites is 2. The van der Waals surface area contributed by atoms with E-state index in [1.807, 2.05) is 61.7 Å². The number of rotatable bonds is 13. The Morgan fingerprint density at radius 2 is 1.33 bits per heavy atom. The Morgan fingerprint density at radius 3 is 1.88 bits per heavy atom. The predicted molar refractivity (Wildman–Crippen MR) is 161 cm³/mol. The van der Waals surface area contributed by atoms with E-state index in [0.717, 1.165) is 32.9 Å². The van der Waals surface area contributed by atoms with Crippen LogP contribution in [0.5, 0.6) is 0 Å². The average molecular weight is 575 g/mol.